The van der Waals surface area contributed by atoms with Crippen LogP contribution in [0.25, 0.3) is 0 Å². The largest absolute Gasteiger partial charge is 0.466 e. The topological polar surface area (TPSA) is 76.0 Å². The van der Waals surface area contributed by atoms with Crippen molar-refractivity contribution >= 4 is 5.97 Å². The van der Waals surface area contributed by atoms with E-state index in [9.17, 15) is 15.0 Å². The number of aliphatic hydroxyl groups is 2. The molecule has 0 saturated heterocycles. The van der Waals surface area contributed by atoms with Crippen LogP contribution in [0, 0.1) is 0 Å². The van der Waals surface area contributed by atoms with Crippen molar-refractivity contribution in [2.45, 2.75) is 38.3 Å². The van der Waals surface area contributed by atoms with E-state index in [-0.39, 0.29) is 5.57 Å². The lowest BCUT2D eigenvalue weighted by molar-refractivity contribution is -0.142. The van der Waals surface area contributed by atoms with E-state index in [0.717, 1.165) is 0 Å². The number of rotatable bonds is 3. The highest BCUT2D eigenvalue weighted by Gasteiger charge is 2.35. The van der Waals surface area contributed by atoms with Gasteiger partial charge in [0.25, 0.3) is 0 Å². The van der Waals surface area contributed by atoms with Gasteiger partial charge in [0, 0.05) is 0 Å². The molecule has 1 aliphatic heterocycles. The maximum Gasteiger partial charge on any atom is 0.336 e. The minimum absolute atomic E-state index is 0.149. The van der Waals surface area contributed by atoms with Gasteiger partial charge >= 0.3 is 5.97 Å². The summed E-state index contributed by atoms with van der Waals surface area (Å²) in [5, 5.41) is 19.4. The van der Waals surface area contributed by atoms with E-state index in [4.69, 9.17) is 4.74 Å². The first-order valence-electron chi connectivity index (χ1n) is 5.45. The van der Waals surface area contributed by atoms with Crippen molar-refractivity contribution in [2.24, 2.45) is 0 Å². The van der Waals surface area contributed by atoms with Crippen LogP contribution in [0.1, 0.15) is 13.8 Å². The van der Waals surface area contributed by atoms with Gasteiger partial charge in [0.15, 0.2) is 0 Å². The lowest BCUT2D eigenvalue weighted by Gasteiger charge is -2.32. The molecule has 0 fully saturated rings. The highest BCUT2D eigenvalue weighted by atomic mass is 16.5. The third-order valence-electron chi connectivity index (χ3n) is 2.54. The smallest absolute Gasteiger partial charge is 0.336 e. The molecule has 96 valence electrons. The van der Waals surface area contributed by atoms with Crippen LogP contribution in [0.5, 0.6) is 0 Å². The number of methoxy groups -OCH3 is 1. The van der Waals surface area contributed by atoms with Crippen LogP contribution >= 0.6 is 0 Å². The van der Waals surface area contributed by atoms with Gasteiger partial charge in [-0.3, -0.25) is 0 Å². The molecule has 5 nitrogen and oxygen atoms in total. The summed E-state index contributed by atoms with van der Waals surface area (Å²) in [5.74, 6) is -0.603. The number of ether oxygens (including phenoxy) is 2. The van der Waals surface area contributed by atoms with Crippen LogP contribution in [0.2, 0.25) is 0 Å². The van der Waals surface area contributed by atoms with Crippen LogP contribution in [0.15, 0.2) is 23.8 Å². The molecule has 0 saturated carbocycles. The average molecular weight is 242 g/mol. The van der Waals surface area contributed by atoms with Gasteiger partial charge in [0.05, 0.1) is 18.8 Å². The minimum atomic E-state index is -0.921. The van der Waals surface area contributed by atoms with Crippen molar-refractivity contribution in [1.82, 2.24) is 0 Å². The SMILES string of the molecule is C/C=C/[C@H]1O[C@H]([C@@H](C)O)C(C(=O)OC)=C[C@H]1O. The van der Waals surface area contributed by atoms with E-state index in [1.807, 2.05) is 0 Å². The molecule has 0 aromatic carbocycles. The van der Waals surface area contributed by atoms with Crippen LogP contribution in [0.4, 0.5) is 0 Å². The van der Waals surface area contributed by atoms with E-state index >= 15 is 0 Å². The predicted molar refractivity (Wildman–Crippen MR) is 61.3 cm³/mol. The predicted octanol–water partition coefficient (Wildman–Crippen LogP) is 0.171. The quantitative estimate of drug-likeness (QED) is 0.545. The lowest BCUT2D eigenvalue weighted by Crippen LogP contribution is -2.43. The molecule has 5 heteroatoms. The second kappa shape index (κ2) is 5.95. The Kier molecular flexibility index (Phi) is 4.86. The second-order valence-corrected chi connectivity index (χ2v) is 3.89. The molecule has 0 aromatic heterocycles. The van der Waals surface area contributed by atoms with Crippen molar-refractivity contribution in [3.05, 3.63) is 23.8 Å². The van der Waals surface area contributed by atoms with Gasteiger partial charge in [-0.2, -0.15) is 0 Å². The van der Waals surface area contributed by atoms with Crippen molar-refractivity contribution in [1.29, 1.82) is 0 Å². The molecule has 0 amide bonds. The Balaban J connectivity index is 3.00. The fourth-order valence-corrected chi connectivity index (χ4v) is 1.72. The molecule has 0 aromatic rings. The number of carbonyl (C=O) groups is 1. The first-order valence-corrected chi connectivity index (χ1v) is 5.45. The highest BCUT2D eigenvalue weighted by molar-refractivity contribution is 5.90. The molecule has 1 heterocycles. The zero-order valence-electron chi connectivity index (χ0n) is 10.2. The van der Waals surface area contributed by atoms with Crippen molar-refractivity contribution in [2.75, 3.05) is 7.11 Å². The fraction of sp³-hybridized carbons (Fsp3) is 0.583. The van der Waals surface area contributed by atoms with Gasteiger partial charge < -0.3 is 19.7 Å². The zero-order chi connectivity index (χ0) is 13.0. The average Bonchev–Trinajstić information content (AvgIpc) is 2.30. The third-order valence-corrected chi connectivity index (χ3v) is 2.54. The lowest BCUT2D eigenvalue weighted by atomic mass is 9.97. The molecule has 0 radical (unpaired) electrons. The summed E-state index contributed by atoms with van der Waals surface area (Å²) in [5.41, 5.74) is 0.149. The number of carbonyl (C=O) groups excluding carboxylic acids is 1. The van der Waals surface area contributed by atoms with Crippen molar-refractivity contribution in [3.8, 4) is 0 Å². The Hall–Kier alpha value is -1.17. The second-order valence-electron chi connectivity index (χ2n) is 3.89. The molecule has 1 aliphatic rings. The zero-order valence-corrected chi connectivity index (χ0v) is 10.2. The molecule has 0 spiro atoms. The Morgan fingerprint density at radius 3 is 2.76 bits per heavy atom. The Morgan fingerprint density at radius 1 is 1.65 bits per heavy atom. The summed E-state index contributed by atoms with van der Waals surface area (Å²) in [7, 11) is 1.24. The molecule has 0 unspecified atom stereocenters. The van der Waals surface area contributed by atoms with Crippen molar-refractivity contribution in [3.63, 3.8) is 0 Å². The van der Waals surface area contributed by atoms with E-state index in [2.05, 4.69) is 4.74 Å². The Labute approximate surface area is 100 Å². The standard InChI is InChI=1S/C12H18O5/c1-4-5-10-9(14)6-8(12(15)16-3)11(17-10)7(2)13/h4-7,9-11,13-14H,1-3H3/b5-4+/t7-,9-,10-,11-/m1/s1. The molecule has 2 N–H and O–H groups in total. The number of allylic oxidation sites excluding steroid dienone is 1. The molecule has 4 atom stereocenters. The summed E-state index contributed by atoms with van der Waals surface area (Å²) in [4.78, 5) is 11.5. The van der Waals surface area contributed by atoms with Gasteiger partial charge in [0.1, 0.15) is 18.3 Å². The number of hydrogen-bond acceptors (Lipinski definition) is 5. The normalized spacial score (nSPS) is 31.1. The third kappa shape index (κ3) is 3.15. The van der Waals surface area contributed by atoms with Gasteiger partial charge in [-0.25, -0.2) is 4.79 Å². The molecule has 17 heavy (non-hydrogen) atoms. The molecular weight excluding hydrogens is 224 g/mol. The number of aliphatic hydroxyl groups excluding tert-OH is 2. The summed E-state index contributed by atoms with van der Waals surface area (Å²) >= 11 is 0. The Morgan fingerprint density at radius 2 is 2.29 bits per heavy atom. The van der Waals surface area contributed by atoms with Crippen LogP contribution < -0.4 is 0 Å². The summed E-state index contributed by atoms with van der Waals surface area (Å²) in [6.45, 7) is 3.32. The van der Waals surface area contributed by atoms with E-state index in [1.165, 1.54) is 20.1 Å². The summed E-state index contributed by atoms with van der Waals surface area (Å²) in [6, 6.07) is 0. The van der Waals surface area contributed by atoms with Crippen LogP contribution in [0.3, 0.4) is 0 Å². The maximum absolute atomic E-state index is 11.5. The van der Waals surface area contributed by atoms with Crippen LogP contribution in [-0.4, -0.2) is 47.7 Å². The van der Waals surface area contributed by atoms with E-state index < -0.39 is 30.4 Å². The first-order chi connectivity index (χ1) is 8.01. The fourth-order valence-electron chi connectivity index (χ4n) is 1.72. The molecular formula is C12H18O5. The molecule has 0 bridgehead atoms. The Bertz CT molecular complexity index is 332. The van der Waals surface area contributed by atoms with Gasteiger partial charge in [-0.1, -0.05) is 12.2 Å². The van der Waals surface area contributed by atoms with E-state index in [1.54, 1.807) is 19.1 Å². The monoisotopic (exact) mass is 242 g/mol. The van der Waals surface area contributed by atoms with E-state index in [0.29, 0.717) is 0 Å². The minimum Gasteiger partial charge on any atom is -0.466 e. The number of esters is 1. The number of hydrogen-bond donors (Lipinski definition) is 2. The van der Waals surface area contributed by atoms with Crippen LogP contribution in [-0.2, 0) is 14.3 Å². The molecule has 0 aliphatic carbocycles. The van der Waals surface area contributed by atoms with Gasteiger partial charge in [-0.15, -0.1) is 0 Å². The summed E-state index contributed by atoms with van der Waals surface area (Å²) < 4.78 is 10.1. The maximum atomic E-state index is 11.5. The van der Waals surface area contributed by atoms with Gasteiger partial charge in [-0.05, 0) is 19.9 Å². The van der Waals surface area contributed by atoms with Gasteiger partial charge in [0.2, 0.25) is 0 Å². The molecule has 1 rings (SSSR count). The first kappa shape index (κ1) is 13.9. The van der Waals surface area contributed by atoms with Crippen molar-refractivity contribution < 1.29 is 24.5 Å². The summed E-state index contributed by atoms with van der Waals surface area (Å²) in [6.07, 6.45) is 1.65. The highest BCUT2D eigenvalue weighted by Crippen LogP contribution is 2.24.